The molecule has 1 unspecified atom stereocenters. The van der Waals surface area contributed by atoms with E-state index in [4.69, 9.17) is 4.74 Å². The second-order valence-corrected chi connectivity index (χ2v) is 7.42. The largest absolute Gasteiger partial charge is 0.496 e. The van der Waals surface area contributed by atoms with E-state index in [2.05, 4.69) is 9.97 Å². The van der Waals surface area contributed by atoms with Crippen molar-refractivity contribution in [2.45, 2.75) is 33.1 Å². The maximum absolute atomic E-state index is 12.7. The molecule has 29 heavy (non-hydrogen) atoms. The van der Waals surface area contributed by atoms with Gasteiger partial charge in [0.1, 0.15) is 11.6 Å². The Hall–Kier alpha value is -3.16. The predicted molar refractivity (Wildman–Crippen MR) is 106 cm³/mol. The van der Waals surface area contributed by atoms with Crippen LogP contribution >= 0.6 is 0 Å². The van der Waals surface area contributed by atoms with Gasteiger partial charge in [0.2, 0.25) is 5.91 Å². The number of aromatic carboxylic acids is 1. The highest BCUT2D eigenvalue weighted by Crippen LogP contribution is 2.27. The van der Waals surface area contributed by atoms with Crippen molar-refractivity contribution in [1.29, 1.82) is 0 Å². The number of carboxylic acid groups (broad SMARTS) is 1. The number of hydrogen-bond donors (Lipinski definition) is 2. The lowest BCUT2D eigenvalue weighted by atomic mass is 9.96. The molecule has 8 heteroatoms. The molecule has 0 saturated carbocycles. The number of ether oxygens (including phenoxy) is 1. The molecule has 1 saturated heterocycles. The van der Waals surface area contributed by atoms with Gasteiger partial charge in [0.25, 0.3) is 5.56 Å². The highest BCUT2D eigenvalue weighted by Gasteiger charge is 2.28. The Bertz CT molecular complexity index is 998. The second kappa shape index (κ2) is 8.46. The molecule has 2 aromatic rings. The zero-order valence-electron chi connectivity index (χ0n) is 16.8. The van der Waals surface area contributed by atoms with Crippen LogP contribution in [-0.2, 0) is 17.6 Å². The number of aromatic amines is 1. The molecule has 1 fully saturated rings. The lowest BCUT2D eigenvalue weighted by Crippen LogP contribution is -2.32. The molecule has 2 N–H and O–H groups in total. The Balaban J connectivity index is 1.68. The van der Waals surface area contributed by atoms with Gasteiger partial charge >= 0.3 is 5.97 Å². The number of H-pyrrole nitrogens is 1. The normalized spacial score (nSPS) is 16.1. The molecule has 1 aromatic carbocycles. The van der Waals surface area contributed by atoms with E-state index in [1.165, 1.54) is 6.07 Å². The summed E-state index contributed by atoms with van der Waals surface area (Å²) in [5.41, 5.74) is 1.75. The first-order valence-corrected chi connectivity index (χ1v) is 9.53. The number of amides is 1. The number of rotatable bonds is 6. The topological polar surface area (TPSA) is 113 Å². The zero-order chi connectivity index (χ0) is 21.1. The quantitative estimate of drug-likeness (QED) is 0.765. The van der Waals surface area contributed by atoms with Gasteiger partial charge in [-0.1, -0.05) is 0 Å². The van der Waals surface area contributed by atoms with Crippen molar-refractivity contribution in [2.24, 2.45) is 5.92 Å². The summed E-state index contributed by atoms with van der Waals surface area (Å²) in [6.07, 6.45) is 1.46. The first-order chi connectivity index (χ1) is 13.8. The number of aromatic nitrogens is 2. The van der Waals surface area contributed by atoms with E-state index < -0.39 is 5.97 Å². The smallest absolute Gasteiger partial charge is 0.335 e. The molecule has 0 spiro atoms. The van der Waals surface area contributed by atoms with Crippen LogP contribution in [0.1, 0.15) is 39.4 Å². The molecule has 1 aromatic heterocycles. The Labute approximate surface area is 168 Å². The third kappa shape index (κ3) is 4.64. The highest BCUT2D eigenvalue weighted by molar-refractivity contribution is 5.88. The number of nitrogens with one attached hydrogen (secondary N) is 1. The van der Waals surface area contributed by atoms with Crippen LogP contribution in [0.4, 0.5) is 0 Å². The highest BCUT2D eigenvalue weighted by atomic mass is 16.5. The van der Waals surface area contributed by atoms with Crippen LogP contribution in [-0.4, -0.2) is 52.1 Å². The van der Waals surface area contributed by atoms with E-state index in [9.17, 15) is 19.5 Å². The molecule has 1 aliphatic rings. The van der Waals surface area contributed by atoms with E-state index in [0.29, 0.717) is 42.3 Å². The summed E-state index contributed by atoms with van der Waals surface area (Å²) in [5, 5.41) is 9.22. The Morgan fingerprint density at radius 1 is 1.34 bits per heavy atom. The molecule has 0 radical (unpaired) electrons. The van der Waals surface area contributed by atoms with Crippen LogP contribution in [0.5, 0.6) is 5.75 Å². The summed E-state index contributed by atoms with van der Waals surface area (Å²) in [6.45, 7) is 4.62. The van der Waals surface area contributed by atoms with E-state index in [1.54, 1.807) is 38.0 Å². The van der Waals surface area contributed by atoms with Crippen LogP contribution in [0.15, 0.2) is 23.0 Å². The van der Waals surface area contributed by atoms with E-state index in [0.717, 1.165) is 12.0 Å². The number of aryl methyl sites for hydroxylation is 2. The van der Waals surface area contributed by atoms with Crippen LogP contribution in [0, 0.1) is 19.8 Å². The SMILES string of the molecule is COc1ccc(C(=O)O)cc1CC1CCN(C(=O)Cc2c(C)nc(C)[nH]c2=O)C1. The molecule has 3 rings (SSSR count). The summed E-state index contributed by atoms with van der Waals surface area (Å²) in [5.74, 6) is 0.296. The molecule has 1 atom stereocenters. The van der Waals surface area contributed by atoms with Crippen molar-refractivity contribution in [2.75, 3.05) is 20.2 Å². The monoisotopic (exact) mass is 399 g/mol. The van der Waals surface area contributed by atoms with Gasteiger partial charge in [-0.2, -0.15) is 0 Å². The molecular formula is C21H25N3O5. The molecular weight excluding hydrogens is 374 g/mol. The minimum Gasteiger partial charge on any atom is -0.496 e. The average molecular weight is 399 g/mol. The first-order valence-electron chi connectivity index (χ1n) is 9.53. The standard InChI is InChI=1S/C21H25N3O5/c1-12-17(20(26)23-13(2)22-12)10-19(25)24-7-6-14(11-24)8-16-9-15(21(27)28)4-5-18(16)29-3/h4-5,9,14H,6-8,10-11H2,1-3H3,(H,27,28)(H,22,23,26). The summed E-state index contributed by atoms with van der Waals surface area (Å²) in [7, 11) is 1.55. The lowest BCUT2D eigenvalue weighted by molar-refractivity contribution is -0.129. The van der Waals surface area contributed by atoms with Gasteiger partial charge < -0.3 is 19.7 Å². The van der Waals surface area contributed by atoms with Crippen molar-refractivity contribution in [3.8, 4) is 5.75 Å². The number of benzene rings is 1. The maximum atomic E-state index is 12.7. The molecule has 154 valence electrons. The number of likely N-dealkylation sites (tertiary alicyclic amines) is 1. The number of carbonyl (C=O) groups excluding carboxylic acids is 1. The fourth-order valence-corrected chi connectivity index (χ4v) is 3.83. The van der Waals surface area contributed by atoms with Crippen molar-refractivity contribution in [3.05, 3.63) is 56.8 Å². The Morgan fingerprint density at radius 2 is 2.10 bits per heavy atom. The van der Waals surface area contributed by atoms with Crippen LogP contribution in [0.3, 0.4) is 0 Å². The Morgan fingerprint density at radius 3 is 2.76 bits per heavy atom. The molecule has 1 amide bonds. The third-order valence-corrected chi connectivity index (χ3v) is 5.34. The van der Waals surface area contributed by atoms with Crippen molar-refractivity contribution >= 4 is 11.9 Å². The van der Waals surface area contributed by atoms with Crippen molar-refractivity contribution < 1.29 is 19.4 Å². The fraction of sp³-hybridized carbons (Fsp3) is 0.429. The van der Waals surface area contributed by atoms with Crippen LogP contribution in [0.2, 0.25) is 0 Å². The maximum Gasteiger partial charge on any atom is 0.335 e. The minimum absolute atomic E-state index is 0.0268. The molecule has 1 aliphatic heterocycles. The number of carboxylic acids is 1. The average Bonchev–Trinajstić information content (AvgIpc) is 3.13. The van der Waals surface area contributed by atoms with E-state index >= 15 is 0 Å². The predicted octanol–water partition coefficient (Wildman–Crippen LogP) is 1.73. The fourth-order valence-electron chi connectivity index (χ4n) is 3.83. The van der Waals surface area contributed by atoms with Gasteiger partial charge in [-0.3, -0.25) is 9.59 Å². The molecule has 0 aliphatic carbocycles. The van der Waals surface area contributed by atoms with Gasteiger partial charge in [0.05, 0.1) is 19.1 Å². The molecule has 8 nitrogen and oxygen atoms in total. The summed E-state index contributed by atoms with van der Waals surface area (Å²) in [6, 6.07) is 4.81. The summed E-state index contributed by atoms with van der Waals surface area (Å²) in [4.78, 5) is 44.8. The summed E-state index contributed by atoms with van der Waals surface area (Å²) >= 11 is 0. The van der Waals surface area contributed by atoms with Gasteiger partial charge in [-0.25, -0.2) is 9.78 Å². The summed E-state index contributed by atoms with van der Waals surface area (Å²) < 4.78 is 5.36. The number of nitrogens with zero attached hydrogens (tertiary/aromatic N) is 2. The van der Waals surface area contributed by atoms with E-state index in [1.807, 2.05) is 0 Å². The molecule has 2 heterocycles. The van der Waals surface area contributed by atoms with Crippen molar-refractivity contribution in [1.82, 2.24) is 14.9 Å². The van der Waals surface area contributed by atoms with Crippen LogP contribution < -0.4 is 10.3 Å². The van der Waals surface area contributed by atoms with Gasteiger partial charge in [0, 0.05) is 24.3 Å². The van der Waals surface area contributed by atoms with Crippen LogP contribution in [0.25, 0.3) is 0 Å². The number of hydrogen-bond acceptors (Lipinski definition) is 5. The second-order valence-electron chi connectivity index (χ2n) is 7.42. The lowest BCUT2D eigenvalue weighted by Gasteiger charge is -2.18. The third-order valence-electron chi connectivity index (χ3n) is 5.34. The van der Waals surface area contributed by atoms with E-state index in [-0.39, 0.29) is 29.4 Å². The number of methoxy groups -OCH3 is 1. The van der Waals surface area contributed by atoms with Gasteiger partial charge in [-0.05, 0) is 56.4 Å². The zero-order valence-corrected chi connectivity index (χ0v) is 16.8. The number of carbonyl (C=O) groups is 2. The van der Waals surface area contributed by atoms with Gasteiger partial charge in [-0.15, -0.1) is 0 Å². The minimum atomic E-state index is -0.982. The first kappa shape index (κ1) is 20.6. The van der Waals surface area contributed by atoms with Gasteiger partial charge in [0.15, 0.2) is 0 Å². The Kier molecular flexibility index (Phi) is 6.00. The van der Waals surface area contributed by atoms with Crippen molar-refractivity contribution in [3.63, 3.8) is 0 Å². The molecule has 0 bridgehead atoms.